The number of fused-ring (bicyclic) bond motifs is 1. The summed E-state index contributed by atoms with van der Waals surface area (Å²) in [5.74, 6) is 0. The molecule has 46 heavy (non-hydrogen) atoms. The zero-order chi connectivity index (χ0) is 32.9. The molecule has 0 saturated heterocycles. The molecule has 0 bridgehead atoms. The molecule has 238 valence electrons. The molecule has 9 heteroatoms. The molecule has 1 fully saturated rings. The van der Waals surface area contributed by atoms with Gasteiger partial charge in [0.15, 0.2) is 0 Å². The Balaban J connectivity index is 1.41. The molecule has 6 rings (SSSR count). The van der Waals surface area contributed by atoms with E-state index in [1.54, 1.807) is 0 Å². The Morgan fingerprint density at radius 1 is 0.826 bits per heavy atom. The van der Waals surface area contributed by atoms with E-state index in [-0.39, 0.29) is 0 Å². The van der Waals surface area contributed by atoms with E-state index in [9.17, 15) is 9.59 Å². The molecular formula is C37H41N5O4. The predicted octanol–water partition coefficient (Wildman–Crippen LogP) is 8.53. The number of aromatic nitrogens is 4. The molecule has 2 aromatic carbocycles. The number of hydrogen-bond acceptors (Lipinski definition) is 6. The monoisotopic (exact) mass is 619 g/mol. The van der Waals surface area contributed by atoms with Crippen molar-refractivity contribution in [3.63, 3.8) is 0 Å². The number of pyridine rings is 1. The topological polar surface area (TPSA) is 99.8 Å². The Bertz CT molecular complexity index is 1900. The summed E-state index contributed by atoms with van der Waals surface area (Å²) in [5.41, 5.74) is 6.01. The lowest BCUT2D eigenvalue weighted by Crippen LogP contribution is -2.52. The number of hydrogen-bond donors (Lipinski definition) is 1. The van der Waals surface area contributed by atoms with Gasteiger partial charge in [-0.05, 0) is 91.5 Å². The van der Waals surface area contributed by atoms with Gasteiger partial charge < -0.3 is 14.8 Å². The molecule has 0 unspecified atom stereocenters. The van der Waals surface area contributed by atoms with Crippen LogP contribution in [0.2, 0.25) is 0 Å². The van der Waals surface area contributed by atoms with Crippen LogP contribution >= 0.6 is 0 Å². The molecule has 0 spiro atoms. The normalized spacial score (nSPS) is 14.5. The Morgan fingerprint density at radius 3 is 2.09 bits per heavy atom. The number of rotatable bonds is 5. The number of amides is 1. The largest absolute Gasteiger partial charge is 0.444 e. The maximum Gasteiger partial charge on any atom is 0.435 e. The van der Waals surface area contributed by atoms with Gasteiger partial charge in [-0.15, -0.1) is 0 Å². The molecule has 3 aromatic heterocycles. The van der Waals surface area contributed by atoms with E-state index in [0.29, 0.717) is 11.4 Å². The van der Waals surface area contributed by atoms with E-state index < -0.39 is 28.9 Å². The van der Waals surface area contributed by atoms with Gasteiger partial charge in [-0.25, -0.2) is 14.6 Å². The Labute approximate surface area is 269 Å². The first-order valence-electron chi connectivity index (χ1n) is 15.7. The second kappa shape index (κ2) is 11.5. The number of carbonyl (C=O) groups is 2. The van der Waals surface area contributed by atoms with E-state index in [1.165, 1.54) is 4.68 Å². The maximum atomic E-state index is 13.1. The zero-order valence-corrected chi connectivity index (χ0v) is 27.5. The minimum absolute atomic E-state index is 0.401. The molecule has 1 aliphatic carbocycles. The molecule has 1 N–H and O–H groups in total. The summed E-state index contributed by atoms with van der Waals surface area (Å²) < 4.78 is 14.6. The fourth-order valence-electron chi connectivity index (χ4n) is 5.88. The van der Waals surface area contributed by atoms with Crippen molar-refractivity contribution in [2.75, 3.05) is 0 Å². The molecule has 3 heterocycles. The first kappa shape index (κ1) is 31.1. The van der Waals surface area contributed by atoms with Gasteiger partial charge in [0.05, 0.1) is 28.3 Å². The first-order chi connectivity index (χ1) is 21.7. The molecule has 1 amide bonds. The van der Waals surface area contributed by atoms with Gasteiger partial charge in [0.2, 0.25) is 0 Å². The summed E-state index contributed by atoms with van der Waals surface area (Å²) in [6, 6.07) is 24.2. The van der Waals surface area contributed by atoms with E-state index in [0.717, 1.165) is 58.6 Å². The molecule has 0 radical (unpaired) electrons. The van der Waals surface area contributed by atoms with Crippen LogP contribution in [0.5, 0.6) is 0 Å². The lowest BCUT2D eigenvalue weighted by atomic mass is 9.71. The first-order valence-corrected chi connectivity index (χ1v) is 15.7. The highest BCUT2D eigenvalue weighted by Gasteiger charge is 2.41. The van der Waals surface area contributed by atoms with Crippen molar-refractivity contribution in [3.05, 3.63) is 90.3 Å². The van der Waals surface area contributed by atoms with Crippen molar-refractivity contribution in [1.29, 1.82) is 0 Å². The van der Waals surface area contributed by atoms with Crippen LogP contribution in [-0.4, -0.2) is 42.6 Å². The van der Waals surface area contributed by atoms with Gasteiger partial charge >= 0.3 is 12.2 Å². The van der Waals surface area contributed by atoms with Crippen molar-refractivity contribution in [2.45, 2.75) is 84.5 Å². The molecular weight excluding hydrogens is 578 g/mol. The van der Waals surface area contributed by atoms with E-state index in [2.05, 4.69) is 51.2 Å². The average Bonchev–Trinajstić information content (AvgIpc) is 3.54. The minimum Gasteiger partial charge on any atom is -0.444 e. The van der Waals surface area contributed by atoms with Crippen LogP contribution in [0.1, 0.15) is 72.1 Å². The van der Waals surface area contributed by atoms with Gasteiger partial charge in [0.25, 0.3) is 0 Å². The second-order valence-electron chi connectivity index (χ2n) is 14.0. The summed E-state index contributed by atoms with van der Waals surface area (Å²) in [5, 5.41) is 7.59. The Hall–Kier alpha value is -4.92. The van der Waals surface area contributed by atoms with E-state index >= 15 is 0 Å². The quantitative estimate of drug-likeness (QED) is 0.212. The zero-order valence-electron chi connectivity index (χ0n) is 27.5. The van der Waals surface area contributed by atoms with Crippen molar-refractivity contribution in [3.8, 4) is 33.8 Å². The second-order valence-corrected chi connectivity index (χ2v) is 14.0. The highest BCUT2D eigenvalue weighted by Crippen LogP contribution is 2.43. The van der Waals surface area contributed by atoms with Crippen LogP contribution in [0.3, 0.4) is 0 Å². The highest BCUT2D eigenvalue weighted by atomic mass is 16.6. The number of aryl methyl sites for hydroxylation is 1. The van der Waals surface area contributed by atoms with Crippen molar-refractivity contribution < 1.29 is 19.1 Å². The van der Waals surface area contributed by atoms with Crippen LogP contribution in [0.15, 0.2) is 79.0 Å². The molecule has 0 aliphatic heterocycles. The Kier molecular flexibility index (Phi) is 7.74. The lowest BCUT2D eigenvalue weighted by Gasteiger charge is -2.43. The number of ether oxygens (including phenoxy) is 2. The third-order valence-electron chi connectivity index (χ3n) is 8.02. The van der Waals surface area contributed by atoms with E-state index in [4.69, 9.17) is 14.5 Å². The van der Waals surface area contributed by atoms with Crippen LogP contribution in [0.25, 0.3) is 39.4 Å². The fourth-order valence-corrected chi connectivity index (χ4v) is 5.88. The highest BCUT2D eigenvalue weighted by molar-refractivity contribution is 5.84. The third kappa shape index (κ3) is 6.27. The lowest BCUT2D eigenvalue weighted by molar-refractivity contribution is 0.0376. The Morgan fingerprint density at radius 2 is 1.48 bits per heavy atom. The van der Waals surface area contributed by atoms with Crippen LogP contribution in [-0.2, 0) is 15.0 Å². The van der Waals surface area contributed by atoms with Crippen LogP contribution in [0.4, 0.5) is 9.59 Å². The molecule has 5 aromatic rings. The number of imidazole rings is 1. The van der Waals surface area contributed by atoms with Crippen molar-refractivity contribution in [1.82, 2.24) is 24.5 Å². The van der Waals surface area contributed by atoms with Gasteiger partial charge in [0.1, 0.15) is 16.8 Å². The van der Waals surface area contributed by atoms with Crippen LogP contribution < -0.4 is 5.32 Å². The number of benzene rings is 2. The minimum atomic E-state index is -0.655. The molecule has 1 saturated carbocycles. The predicted molar refractivity (Wildman–Crippen MR) is 179 cm³/mol. The summed E-state index contributed by atoms with van der Waals surface area (Å²) in [7, 11) is 0. The fraction of sp³-hybridized carbons (Fsp3) is 0.351. The van der Waals surface area contributed by atoms with Crippen molar-refractivity contribution in [2.24, 2.45) is 0 Å². The summed E-state index contributed by atoms with van der Waals surface area (Å²) >= 11 is 0. The number of alkyl carbamates (subject to hydrolysis) is 1. The van der Waals surface area contributed by atoms with Crippen LogP contribution in [0, 0.1) is 6.92 Å². The van der Waals surface area contributed by atoms with Gasteiger partial charge in [0, 0.05) is 22.9 Å². The molecule has 9 nitrogen and oxygen atoms in total. The van der Waals surface area contributed by atoms with Gasteiger partial charge in [-0.3, -0.25) is 4.40 Å². The van der Waals surface area contributed by atoms with Gasteiger partial charge in [-0.2, -0.15) is 9.78 Å². The third-order valence-corrected chi connectivity index (χ3v) is 8.02. The maximum absolute atomic E-state index is 13.1. The SMILES string of the molecule is Cc1cc(-c2ccc3nc(-c4ccc(C5(NC(=O)OC(C)(C)C)CCC5)cc4)c(-c4ccccc4)n3c2)n(C(=O)OC(C)(C)C)n1. The van der Waals surface area contributed by atoms with Gasteiger partial charge in [-0.1, -0.05) is 54.6 Å². The number of carbonyl (C=O) groups excluding carboxylic acids is 2. The standard InChI is InChI=1S/C37H41N5O4/c1-24-22-29(42(40-24)34(44)46-36(5,6)7)27-16-19-30-38-31(32(41(30)23-27)26-12-9-8-10-13-26)25-14-17-28(18-15-25)37(20-11-21-37)39-33(43)45-35(2,3)4/h8-10,12-19,22-23H,11,20-21H2,1-7H3,(H,39,43). The summed E-state index contributed by atoms with van der Waals surface area (Å²) in [4.78, 5) is 30.9. The summed E-state index contributed by atoms with van der Waals surface area (Å²) in [6.07, 6.45) is 3.82. The number of nitrogens with one attached hydrogen (secondary N) is 1. The van der Waals surface area contributed by atoms with E-state index in [1.807, 2.05) is 91.1 Å². The average molecular weight is 620 g/mol. The molecule has 0 atom stereocenters. The number of nitrogens with zero attached hydrogens (tertiary/aromatic N) is 4. The van der Waals surface area contributed by atoms with Crippen molar-refractivity contribution >= 4 is 17.8 Å². The smallest absolute Gasteiger partial charge is 0.435 e. The summed E-state index contributed by atoms with van der Waals surface area (Å²) in [6.45, 7) is 13.0. The molecule has 1 aliphatic rings.